The van der Waals surface area contributed by atoms with Gasteiger partial charge in [0.2, 0.25) is 17.7 Å². The van der Waals surface area contributed by atoms with Crippen LogP contribution in [0.2, 0.25) is 0 Å². The molecule has 0 aromatic heterocycles. The molecule has 0 radical (unpaired) electrons. The van der Waals surface area contributed by atoms with E-state index >= 15 is 0 Å². The molecule has 3 fully saturated rings. The number of carbonyl (C=O) groups excluding carboxylic acids is 3. The van der Waals surface area contributed by atoms with Crippen molar-refractivity contribution in [3.05, 3.63) is 0 Å². The number of aliphatic hydroxyl groups is 11. The van der Waals surface area contributed by atoms with E-state index in [1.165, 1.54) is 20.8 Å². The van der Waals surface area contributed by atoms with Gasteiger partial charge in [0.15, 0.2) is 18.9 Å². The molecule has 18 N–H and O–H groups in total. The minimum absolute atomic E-state index is 0.0177. The van der Waals surface area contributed by atoms with Crippen LogP contribution in [0.1, 0.15) is 130 Å². The lowest BCUT2D eigenvalue weighted by molar-refractivity contribution is -0.270. The monoisotopic (exact) mass is 1740 g/mol. The lowest BCUT2D eigenvalue weighted by Gasteiger charge is -2.42. The van der Waals surface area contributed by atoms with Gasteiger partial charge >= 0.3 is 31.3 Å². The molecule has 3 heterocycles. The van der Waals surface area contributed by atoms with E-state index in [9.17, 15) is 103 Å². The second-order valence-electron chi connectivity index (χ2n) is 27.5. The van der Waals surface area contributed by atoms with Gasteiger partial charge in [0, 0.05) is 86.2 Å². The van der Waals surface area contributed by atoms with Gasteiger partial charge in [-0.2, -0.15) is 0 Å². The highest BCUT2D eigenvalue weighted by atomic mass is 31.2. The van der Waals surface area contributed by atoms with Gasteiger partial charge in [-0.3, -0.25) is 50.6 Å². The minimum Gasteiger partial charge on any atom is -0.396 e. The molecular formula is C66H129N3O41P4. The summed E-state index contributed by atoms with van der Waals surface area (Å²) in [4.78, 5) is 77.6. The van der Waals surface area contributed by atoms with Gasteiger partial charge in [-0.25, -0.2) is 18.3 Å². The number of carbonyl (C=O) groups is 3. The topological polar surface area (TPSA) is 634 Å². The number of hydrogen-bond donors (Lipinski definition) is 18. The highest BCUT2D eigenvalue weighted by Gasteiger charge is 2.48. The molecule has 0 aromatic rings. The Labute approximate surface area is 664 Å². The van der Waals surface area contributed by atoms with Gasteiger partial charge in [-0.05, 0) is 70.6 Å². The largest absolute Gasteiger partial charge is 0.472 e. The molecule has 0 spiro atoms. The summed E-state index contributed by atoms with van der Waals surface area (Å²) >= 11 is 0. The first-order chi connectivity index (χ1) is 54.3. The van der Waals surface area contributed by atoms with Crippen LogP contribution in [0.15, 0.2) is 0 Å². The number of phosphoric ester groups is 4. The Morgan fingerprint density at radius 3 is 0.851 bits per heavy atom. The van der Waals surface area contributed by atoms with Crippen molar-refractivity contribution in [2.45, 2.75) is 222 Å². The summed E-state index contributed by atoms with van der Waals surface area (Å²) in [6, 6.07) is -3.33. The first kappa shape index (κ1) is 106. The van der Waals surface area contributed by atoms with Crippen LogP contribution in [0.3, 0.4) is 0 Å². The summed E-state index contributed by atoms with van der Waals surface area (Å²) in [5.41, 5.74) is -1.52. The van der Waals surface area contributed by atoms with Crippen molar-refractivity contribution in [3.8, 4) is 0 Å². The van der Waals surface area contributed by atoms with E-state index < -0.39 is 173 Å². The standard InChI is InChI=1S/C66H129N3O41P4/c1-47(75)67-54-60(81)57(78)51(38-72)108-63(54)97-27-10-4-7-13-30-100-111(84,85)103-34-18-24-94-43-66(46-107-114(90,91)106-33-17-23-93-42-50(37-71)41-92-22-16-21-70,44-95-25-19-35-104-112(86,87)101-31-14-8-5-11-28-98-64-55(68-48(2)76)61(82)58(79)52(39-73)109-64)45-96-26-20-36-105-113(88,89)102-32-15-9-6-12-29-99-65-56(69-49(3)77)62(83)59(80)53(40-74)110-65/h50-65,70-74,78-83H,4-46H2,1-3H3,(H,67,75)(H,68,76)(H,69,77)(H,84,85)(H,86,87)(H,88,89)(H,90,91)/t50?,51?,52?,53?,54-,55-,56?,57-,58-,59-,60?,61?,62+,63+,64+,65+,66?/m0/s1. The molecular weight excluding hydrogens is 1610 g/mol. The molecule has 3 aliphatic rings. The number of phosphoric acid groups is 4. The number of aliphatic hydroxyl groups excluding tert-OH is 11. The average molecular weight is 1740 g/mol. The van der Waals surface area contributed by atoms with Gasteiger partial charge in [0.25, 0.3) is 0 Å². The summed E-state index contributed by atoms with van der Waals surface area (Å²) in [6.45, 7) is -1.93. The molecule has 48 heteroatoms. The molecule has 3 amide bonds. The van der Waals surface area contributed by atoms with Gasteiger partial charge in [0.1, 0.15) is 73.1 Å². The van der Waals surface area contributed by atoms with Crippen LogP contribution in [0.5, 0.6) is 0 Å². The predicted molar refractivity (Wildman–Crippen MR) is 394 cm³/mol. The lowest BCUT2D eigenvalue weighted by atomic mass is 9.92. The van der Waals surface area contributed by atoms with E-state index in [0.717, 1.165) is 0 Å². The normalized spacial score (nSPS) is 27.0. The third-order valence-electron chi connectivity index (χ3n) is 17.4. The SMILES string of the molecule is CC(=O)NC1[C@H](OCCCCCCOP(=O)(O)OCCCOCC(COCCCOP(=O)(O)OCCCCCCO[C@@H]2OC(CO)[C@H](O)C(O)[C@@H]2NC(C)=O)(COCCCOP(=O)(O)OCCCCCCO[C@@H]2OC(CO)[C@H](O)C(O)[C@@H]2NC(C)=O)COP(=O)(O)OCCCOCC(CO)COCCCO)OC(CO)[C@H](O)[C@@H]1O. The van der Waals surface area contributed by atoms with E-state index in [-0.39, 0.29) is 177 Å². The molecule has 44 nitrogen and oxygen atoms in total. The Kier molecular flexibility index (Phi) is 55.6. The summed E-state index contributed by atoms with van der Waals surface area (Å²) in [7, 11) is -18.7. The second-order valence-corrected chi connectivity index (χ2v) is 33.3. The van der Waals surface area contributed by atoms with Crippen LogP contribution in [-0.4, -0.2) is 357 Å². The van der Waals surface area contributed by atoms with Gasteiger partial charge in [0.05, 0.1) is 118 Å². The Hall–Kier alpha value is -2.03. The number of hydrogen-bond acceptors (Lipinski definition) is 37. The quantitative estimate of drug-likeness (QED) is 0.0249. The average Bonchev–Trinajstić information content (AvgIpc) is 0.811. The third-order valence-corrected chi connectivity index (χ3v) is 21.4. The fraction of sp³-hybridized carbons (Fsp3) is 0.955. The second kappa shape index (κ2) is 59.7. The molecule has 11 unspecified atom stereocenters. The first-order valence-corrected chi connectivity index (χ1v) is 44.4. The Bertz CT molecular complexity index is 2520. The molecule has 3 saturated heterocycles. The fourth-order valence-electron chi connectivity index (χ4n) is 11.3. The molecule has 3 rings (SSSR count). The Morgan fingerprint density at radius 2 is 0.588 bits per heavy atom. The van der Waals surface area contributed by atoms with E-state index in [0.29, 0.717) is 83.5 Å². The first-order valence-electron chi connectivity index (χ1n) is 38.4. The van der Waals surface area contributed by atoms with Crippen LogP contribution in [0, 0.1) is 11.3 Å². The van der Waals surface area contributed by atoms with Crippen LogP contribution < -0.4 is 16.0 Å². The van der Waals surface area contributed by atoms with Crippen LogP contribution in [-0.2, 0) is 121 Å². The molecule has 0 aliphatic carbocycles. The molecule has 114 heavy (non-hydrogen) atoms. The predicted octanol–water partition coefficient (Wildman–Crippen LogP) is -1.30. The zero-order chi connectivity index (χ0) is 84.4. The molecule has 674 valence electrons. The molecule has 0 saturated carbocycles. The van der Waals surface area contributed by atoms with Crippen molar-refractivity contribution in [1.29, 1.82) is 0 Å². The smallest absolute Gasteiger partial charge is 0.396 e. The zero-order valence-corrected chi connectivity index (χ0v) is 68.8. The molecule has 3 aliphatic heterocycles. The Balaban J connectivity index is 1.62. The number of unbranched alkanes of at least 4 members (excludes halogenated alkanes) is 9. The van der Waals surface area contributed by atoms with Crippen molar-refractivity contribution in [3.63, 3.8) is 0 Å². The lowest BCUT2D eigenvalue weighted by Crippen LogP contribution is -2.64. The maximum atomic E-state index is 13.5. The maximum Gasteiger partial charge on any atom is 0.472 e. The Morgan fingerprint density at radius 1 is 0.333 bits per heavy atom. The summed E-state index contributed by atoms with van der Waals surface area (Å²) in [6.07, 6.45) is -9.89. The zero-order valence-electron chi connectivity index (χ0n) is 65.3. The van der Waals surface area contributed by atoms with E-state index in [1.807, 2.05) is 0 Å². The van der Waals surface area contributed by atoms with Gasteiger partial charge in [-0.15, -0.1) is 0 Å². The van der Waals surface area contributed by atoms with E-state index in [2.05, 4.69) is 16.0 Å². The molecule has 0 aromatic carbocycles. The van der Waals surface area contributed by atoms with Crippen molar-refractivity contribution in [2.75, 3.05) is 172 Å². The maximum absolute atomic E-state index is 13.5. The number of ether oxygens (including phenoxy) is 11. The van der Waals surface area contributed by atoms with Crippen molar-refractivity contribution >= 4 is 49.0 Å². The van der Waals surface area contributed by atoms with Crippen molar-refractivity contribution in [1.82, 2.24) is 16.0 Å². The number of nitrogens with one attached hydrogen (secondary N) is 3. The van der Waals surface area contributed by atoms with Crippen molar-refractivity contribution < 1.29 is 197 Å². The van der Waals surface area contributed by atoms with Crippen LogP contribution >= 0.6 is 31.3 Å². The fourth-order valence-corrected chi connectivity index (χ4v) is 14.6. The van der Waals surface area contributed by atoms with E-state index in [1.54, 1.807) is 0 Å². The van der Waals surface area contributed by atoms with E-state index in [4.69, 9.17) is 93.4 Å². The highest BCUT2D eigenvalue weighted by Crippen LogP contribution is 2.47. The van der Waals surface area contributed by atoms with Crippen LogP contribution in [0.25, 0.3) is 0 Å². The number of amides is 3. The van der Waals surface area contributed by atoms with Gasteiger partial charge < -0.3 is 144 Å². The molecule has 0 bridgehead atoms. The summed E-state index contributed by atoms with van der Waals surface area (Å²) in [5, 5.41) is 117. The van der Waals surface area contributed by atoms with Crippen LogP contribution in [0.4, 0.5) is 0 Å². The molecule has 20 atom stereocenters. The minimum atomic E-state index is -4.91. The summed E-state index contributed by atoms with van der Waals surface area (Å²) in [5.74, 6) is -1.91. The highest BCUT2D eigenvalue weighted by molar-refractivity contribution is 7.48. The van der Waals surface area contributed by atoms with Crippen molar-refractivity contribution in [2.24, 2.45) is 11.3 Å². The third kappa shape index (κ3) is 45.2. The summed E-state index contributed by atoms with van der Waals surface area (Å²) < 4.78 is 157. The number of rotatable bonds is 70. The van der Waals surface area contributed by atoms with Gasteiger partial charge in [-0.1, -0.05) is 38.5 Å².